The van der Waals surface area contributed by atoms with Crippen LogP contribution in [0.25, 0.3) is 22.4 Å². The SMILES string of the molecule is CCC(O)C#Cc1ccc2c(=O)c(-c3ncc[nH]3)c(N)n(CCOC)c2n1. The van der Waals surface area contributed by atoms with Crippen molar-refractivity contribution in [2.75, 3.05) is 19.5 Å². The van der Waals surface area contributed by atoms with E-state index in [0.717, 1.165) is 0 Å². The summed E-state index contributed by atoms with van der Waals surface area (Å²) in [6.07, 6.45) is 3.00. The van der Waals surface area contributed by atoms with Gasteiger partial charge < -0.3 is 25.1 Å². The molecule has 8 nitrogen and oxygen atoms in total. The van der Waals surface area contributed by atoms with Gasteiger partial charge in [-0.15, -0.1) is 0 Å². The Morgan fingerprint density at radius 1 is 1.44 bits per heavy atom. The number of fused-ring (bicyclic) bond motifs is 1. The number of H-pyrrole nitrogens is 1. The van der Waals surface area contributed by atoms with E-state index in [2.05, 4.69) is 26.8 Å². The van der Waals surface area contributed by atoms with Crippen molar-refractivity contribution in [3.05, 3.63) is 40.4 Å². The van der Waals surface area contributed by atoms with Crippen LogP contribution in [-0.4, -0.2) is 44.4 Å². The van der Waals surface area contributed by atoms with Crippen LogP contribution in [0.3, 0.4) is 0 Å². The van der Waals surface area contributed by atoms with Gasteiger partial charge in [-0.05, 0) is 24.5 Å². The number of aromatic amines is 1. The van der Waals surface area contributed by atoms with Gasteiger partial charge in [-0.1, -0.05) is 12.8 Å². The molecule has 3 heterocycles. The second-order valence-corrected chi connectivity index (χ2v) is 5.93. The molecule has 3 rings (SSSR count). The first-order chi connectivity index (χ1) is 13.1. The number of nitrogens with one attached hydrogen (secondary N) is 1. The summed E-state index contributed by atoms with van der Waals surface area (Å²) in [5, 5.41) is 10.0. The highest BCUT2D eigenvalue weighted by Crippen LogP contribution is 2.23. The largest absolute Gasteiger partial charge is 0.384 e. The van der Waals surface area contributed by atoms with E-state index in [-0.39, 0.29) is 11.2 Å². The van der Waals surface area contributed by atoms with Crippen molar-refractivity contribution in [1.82, 2.24) is 19.5 Å². The van der Waals surface area contributed by atoms with Crippen molar-refractivity contribution in [3.8, 4) is 23.2 Å². The lowest BCUT2D eigenvalue weighted by atomic mass is 10.1. The molecule has 3 aromatic rings. The monoisotopic (exact) mass is 367 g/mol. The number of nitrogens with zero attached hydrogens (tertiary/aromatic N) is 3. The van der Waals surface area contributed by atoms with E-state index in [4.69, 9.17) is 10.5 Å². The van der Waals surface area contributed by atoms with Gasteiger partial charge in [-0.3, -0.25) is 4.79 Å². The molecule has 0 amide bonds. The van der Waals surface area contributed by atoms with E-state index in [0.29, 0.717) is 47.7 Å². The quantitative estimate of drug-likeness (QED) is 0.582. The van der Waals surface area contributed by atoms with Crippen LogP contribution in [0.2, 0.25) is 0 Å². The van der Waals surface area contributed by atoms with Crippen LogP contribution >= 0.6 is 0 Å². The normalized spacial score (nSPS) is 12.0. The van der Waals surface area contributed by atoms with Crippen molar-refractivity contribution in [2.24, 2.45) is 0 Å². The predicted molar refractivity (Wildman–Crippen MR) is 103 cm³/mol. The number of rotatable bonds is 5. The highest BCUT2D eigenvalue weighted by atomic mass is 16.5. The van der Waals surface area contributed by atoms with Gasteiger partial charge >= 0.3 is 0 Å². The minimum Gasteiger partial charge on any atom is -0.384 e. The fourth-order valence-electron chi connectivity index (χ4n) is 2.70. The Kier molecular flexibility index (Phi) is 5.54. The summed E-state index contributed by atoms with van der Waals surface area (Å²) < 4.78 is 6.89. The van der Waals surface area contributed by atoms with Crippen molar-refractivity contribution in [2.45, 2.75) is 26.0 Å². The summed E-state index contributed by atoms with van der Waals surface area (Å²) in [4.78, 5) is 24.6. The average molecular weight is 367 g/mol. The van der Waals surface area contributed by atoms with Crippen molar-refractivity contribution < 1.29 is 9.84 Å². The minimum absolute atomic E-state index is 0.255. The number of methoxy groups -OCH3 is 1. The van der Waals surface area contributed by atoms with Gasteiger partial charge in [0.05, 0.1) is 12.0 Å². The maximum absolute atomic E-state index is 13.0. The second-order valence-electron chi connectivity index (χ2n) is 5.93. The number of hydrogen-bond donors (Lipinski definition) is 3. The van der Waals surface area contributed by atoms with E-state index in [1.165, 1.54) is 0 Å². The maximum atomic E-state index is 13.0. The van der Waals surface area contributed by atoms with Gasteiger partial charge in [0.2, 0.25) is 5.43 Å². The Bertz CT molecular complexity index is 1060. The highest BCUT2D eigenvalue weighted by molar-refractivity contribution is 5.86. The molecule has 0 aromatic carbocycles. The van der Waals surface area contributed by atoms with Crippen molar-refractivity contribution in [1.29, 1.82) is 0 Å². The lowest BCUT2D eigenvalue weighted by Gasteiger charge is -2.16. The van der Waals surface area contributed by atoms with Gasteiger partial charge in [0.25, 0.3) is 0 Å². The summed E-state index contributed by atoms with van der Waals surface area (Å²) in [6, 6.07) is 3.32. The topological polar surface area (TPSA) is 119 Å². The molecule has 27 heavy (non-hydrogen) atoms. The summed E-state index contributed by atoms with van der Waals surface area (Å²) in [5.41, 5.74) is 7.22. The van der Waals surface area contributed by atoms with Gasteiger partial charge in [-0.25, -0.2) is 9.97 Å². The molecule has 0 aliphatic heterocycles. The van der Waals surface area contributed by atoms with Gasteiger partial charge in [-0.2, -0.15) is 0 Å². The zero-order chi connectivity index (χ0) is 19.4. The first-order valence-electron chi connectivity index (χ1n) is 8.58. The van der Waals surface area contributed by atoms with E-state index in [1.807, 2.05) is 6.92 Å². The number of pyridine rings is 2. The standard InChI is InChI=1S/C19H21N5O3/c1-3-13(25)6-4-12-5-7-14-16(26)15(18-21-8-9-22-18)17(20)24(10-11-27-2)19(14)23-12/h5,7-9,13,25H,3,10-11,20H2,1-2H3,(H,21,22). The number of anilines is 1. The number of imidazole rings is 1. The number of hydrogen-bond acceptors (Lipinski definition) is 6. The molecule has 0 bridgehead atoms. The summed E-state index contributed by atoms with van der Waals surface area (Å²) in [5.74, 6) is 6.22. The van der Waals surface area contributed by atoms with Gasteiger partial charge in [0.1, 0.15) is 34.7 Å². The van der Waals surface area contributed by atoms with Crippen molar-refractivity contribution >= 4 is 16.9 Å². The lowest BCUT2D eigenvalue weighted by molar-refractivity contribution is 0.188. The second kappa shape index (κ2) is 8.03. The first-order valence-corrected chi connectivity index (χ1v) is 8.58. The lowest BCUT2D eigenvalue weighted by Crippen LogP contribution is -2.20. The number of nitrogens with two attached hydrogens (primary N) is 1. The third-order valence-electron chi connectivity index (χ3n) is 4.16. The minimum atomic E-state index is -0.718. The van der Waals surface area contributed by atoms with Crippen LogP contribution in [0.5, 0.6) is 0 Å². The summed E-state index contributed by atoms with van der Waals surface area (Å²) in [7, 11) is 1.59. The van der Waals surface area contributed by atoms with E-state index < -0.39 is 6.10 Å². The fraction of sp³-hybridized carbons (Fsp3) is 0.316. The molecule has 1 atom stereocenters. The van der Waals surface area contributed by atoms with E-state index in [9.17, 15) is 9.90 Å². The molecule has 140 valence electrons. The molecular formula is C19H21N5O3. The van der Waals surface area contributed by atoms with Crippen LogP contribution in [0.1, 0.15) is 19.0 Å². The van der Waals surface area contributed by atoms with Crippen LogP contribution < -0.4 is 11.2 Å². The van der Waals surface area contributed by atoms with Crippen LogP contribution in [0.15, 0.2) is 29.3 Å². The molecule has 0 fully saturated rings. The highest BCUT2D eigenvalue weighted by Gasteiger charge is 2.19. The number of ether oxygens (including phenoxy) is 1. The smallest absolute Gasteiger partial charge is 0.204 e. The summed E-state index contributed by atoms with van der Waals surface area (Å²) >= 11 is 0. The molecule has 4 N–H and O–H groups in total. The molecule has 3 aromatic heterocycles. The Morgan fingerprint density at radius 3 is 2.93 bits per heavy atom. The first kappa shape index (κ1) is 18.6. The molecule has 0 saturated carbocycles. The van der Waals surface area contributed by atoms with E-state index in [1.54, 1.807) is 36.2 Å². The van der Waals surface area contributed by atoms with Crippen molar-refractivity contribution in [3.63, 3.8) is 0 Å². The molecule has 0 radical (unpaired) electrons. The molecule has 0 spiro atoms. The van der Waals surface area contributed by atoms with Gasteiger partial charge in [0.15, 0.2) is 0 Å². The molecule has 0 aliphatic rings. The number of aromatic nitrogens is 4. The Labute approximate surface area is 156 Å². The molecule has 0 saturated heterocycles. The zero-order valence-electron chi connectivity index (χ0n) is 15.2. The fourth-order valence-corrected chi connectivity index (χ4v) is 2.70. The van der Waals surface area contributed by atoms with Crippen LogP contribution in [-0.2, 0) is 11.3 Å². The predicted octanol–water partition coefficient (Wildman–Crippen LogP) is 1.14. The Morgan fingerprint density at radius 2 is 2.26 bits per heavy atom. The van der Waals surface area contributed by atoms with Gasteiger partial charge in [0, 0.05) is 26.0 Å². The molecular weight excluding hydrogens is 346 g/mol. The Balaban J connectivity index is 2.25. The zero-order valence-corrected chi connectivity index (χ0v) is 15.2. The number of aliphatic hydroxyl groups excluding tert-OH is 1. The maximum Gasteiger partial charge on any atom is 0.204 e. The van der Waals surface area contributed by atoms with E-state index >= 15 is 0 Å². The number of aliphatic hydroxyl groups is 1. The van der Waals surface area contributed by atoms with Crippen LogP contribution in [0.4, 0.5) is 5.82 Å². The molecule has 1 unspecified atom stereocenters. The molecule has 8 heteroatoms. The summed E-state index contributed by atoms with van der Waals surface area (Å²) in [6.45, 7) is 2.65. The average Bonchev–Trinajstić information content (AvgIpc) is 3.20. The Hall–Kier alpha value is -3.15. The molecule has 0 aliphatic carbocycles. The third kappa shape index (κ3) is 3.69. The third-order valence-corrected chi connectivity index (χ3v) is 4.16. The number of nitrogen functional groups attached to an aromatic ring is 1. The van der Waals surface area contributed by atoms with Crippen LogP contribution in [0, 0.1) is 11.8 Å².